The lowest BCUT2D eigenvalue weighted by molar-refractivity contribution is -0.865. The van der Waals surface area contributed by atoms with E-state index in [9.17, 15) is 14.7 Å². The summed E-state index contributed by atoms with van der Waals surface area (Å²) in [6, 6.07) is 9.09. The van der Waals surface area contributed by atoms with Gasteiger partial charge in [-0.05, 0) is 19.4 Å². The molecule has 0 heterocycles. The summed E-state index contributed by atoms with van der Waals surface area (Å²) < 4.78 is -0.658. The van der Waals surface area contributed by atoms with Gasteiger partial charge in [-0.25, -0.2) is 4.79 Å². The molecule has 0 N–H and O–H groups in total. The smallest absolute Gasteiger partial charge is 0.367 e. The van der Waals surface area contributed by atoms with Crippen LogP contribution in [-0.4, -0.2) is 29.2 Å². The van der Waals surface area contributed by atoms with E-state index in [4.69, 9.17) is 0 Å². The van der Waals surface area contributed by atoms with E-state index < -0.39 is 16.4 Å². The molecule has 0 aliphatic rings. The minimum absolute atomic E-state index is 0.101. The number of rotatable bonds is 7. The second kappa shape index (κ2) is 7.47. The van der Waals surface area contributed by atoms with Crippen LogP contribution in [0.4, 0.5) is 0 Å². The lowest BCUT2D eigenvalue weighted by atomic mass is 10.2. The first-order valence-electron chi connectivity index (χ1n) is 6.80. The van der Waals surface area contributed by atoms with Gasteiger partial charge in [-0.1, -0.05) is 48.6 Å². The molecule has 0 saturated carbocycles. The summed E-state index contributed by atoms with van der Waals surface area (Å²) in [7, 11) is 0. The number of aldehydes is 1. The Bertz CT molecular complexity index is 620. The average molecular weight is 300 g/mol. The fourth-order valence-electron chi connectivity index (χ4n) is 1.96. The van der Waals surface area contributed by atoms with Crippen LogP contribution in [0, 0.1) is 0 Å². The maximum Gasteiger partial charge on any atom is 0.367 e. The number of hydrogen-bond donors (Lipinski definition) is 0. The van der Waals surface area contributed by atoms with Crippen molar-refractivity contribution in [3.05, 3.63) is 60.2 Å². The minimum Gasteiger partial charge on any atom is -0.855 e. The van der Waals surface area contributed by atoms with Crippen molar-refractivity contribution >= 4 is 18.1 Å². The van der Waals surface area contributed by atoms with Gasteiger partial charge in [-0.2, -0.15) is 0 Å². The molecule has 0 aliphatic carbocycles. The van der Waals surface area contributed by atoms with Crippen molar-refractivity contribution in [1.82, 2.24) is 0 Å². The molecule has 1 aromatic carbocycles. The lowest BCUT2D eigenvalue weighted by Crippen LogP contribution is -2.51. The van der Waals surface area contributed by atoms with E-state index in [0.717, 1.165) is 5.56 Å². The molecule has 0 aromatic heterocycles. The lowest BCUT2D eigenvalue weighted by Gasteiger charge is -2.30. The van der Waals surface area contributed by atoms with E-state index in [1.165, 1.54) is 13.8 Å². The van der Waals surface area contributed by atoms with Crippen molar-refractivity contribution in [2.45, 2.75) is 20.4 Å². The van der Waals surface area contributed by atoms with Crippen molar-refractivity contribution in [2.24, 2.45) is 5.10 Å². The van der Waals surface area contributed by atoms with Gasteiger partial charge in [-0.3, -0.25) is 4.79 Å². The van der Waals surface area contributed by atoms with Crippen LogP contribution in [0.3, 0.4) is 0 Å². The Morgan fingerprint density at radius 1 is 1.23 bits per heavy atom. The zero-order chi connectivity index (χ0) is 16.8. The summed E-state index contributed by atoms with van der Waals surface area (Å²) in [5, 5.41) is 15.9. The molecule has 1 aromatic rings. The summed E-state index contributed by atoms with van der Waals surface area (Å²) in [6.45, 7) is 10.1. The molecule has 0 fully saturated rings. The van der Waals surface area contributed by atoms with Crippen molar-refractivity contribution in [3.63, 3.8) is 0 Å². The normalized spacial score (nSPS) is 14.0. The summed E-state index contributed by atoms with van der Waals surface area (Å²) >= 11 is 0. The molecule has 22 heavy (non-hydrogen) atoms. The molecular formula is C17H20N2O3. The van der Waals surface area contributed by atoms with Gasteiger partial charge in [0.05, 0.1) is 0 Å². The van der Waals surface area contributed by atoms with E-state index in [1.54, 1.807) is 0 Å². The molecule has 0 aliphatic heterocycles. The maximum absolute atomic E-state index is 12.6. The molecule has 1 unspecified atom stereocenters. The second-order valence-electron chi connectivity index (χ2n) is 5.19. The predicted octanol–water partition coefficient (Wildman–Crippen LogP) is 1.55. The van der Waals surface area contributed by atoms with Gasteiger partial charge in [-0.15, -0.1) is 4.59 Å². The van der Waals surface area contributed by atoms with Crippen LogP contribution in [0.5, 0.6) is 0 Å². The number of benzene rings is 1. The number of carbonyl (C=O) groups is 2. The third-order valence-corrected chi connectivity index (χ3v) is 3.05. The Hall–Kier alpha value is -2.53. The molecule has 5 nitrogen and oxygen atoms in total. The first-order chi connectivity index (χ1) is 10.3. The molecule has 1 rings (SSSR count). The quantitative estimate of drug-likeness (QED) is 0.192. The molecule has 0 saturated heterocycles. The third-order valence-electron chi connectivity index (χ3n) is 3.05. The summed E-state index contributed by atoms with van der Waals surface area (Å²) in [5.74, 6) is -1.07. The van der Waals surface area contributed by atoms with Crippen LogP contribution < -0.4 is 5.11 Å². The van der Waals surface area contributed by atoms with Crippen molar-refractivity contribution in [2.75, 3.05) is 6.54 Å². The van der Waals surface area contributed by atoms with Crippen LogP contribution in [-0.2, 0) is 16.1 Å². The molecule has 0 radical (unpaired) electrons. The van der Waals surface area contributed by atoms with E-state index in [0.29, 0.717) is 6.29 Å². The summed E-state index contributed by atoms with van der Waals surface area (Å²) in [5.41, 5.74) is 1.23. The Morgan fingerprint density at radius 2 is 1.82 bits per heavy atom. The van der Waals surface area contributed by atoms with Crippen LogP contribution in [0.25, 0.3) is 0 Å². The third kappa shape index (κ3) is 4.23. The maximum atomic E-state index is 12.6. The SMILES string of the molecule is C=C(C)C(=O)[N+](CC=O)(Cc1ccccc1)N=C([O-])C(=C)C. The van der Waals surface area contributed by atoms with Gasteiger partial charge < -0.3 is 5.11 Å². The zero-order valence-corrected chi connectivity index (χ0v) is 12.9. The summed E-state index contributed by atoms with van der Waals surface area (Å²) in [6.07, 6.45) is 0.582. The van der Waals surface area contributed by atoms with Crippen LogP contribution >= 0.6 is 0 Å². The molecule has 116 valence electrons. The van der Waals surface area contributed by atoms with Gasteiger partial charge in [0.15, 0.2) is 12.8 Å². The van der Waals surface area contributed by atoms with Crippen molar-refractivity contribution < 1.29 is 19.3 Å². The average Bonchev–Trinajstić information content (AvgIpc) is 2.47. The number of amides is 1. The second-order valence-corrected chi connectivity index (χ2v) is 5.19. The Balaban J connectivity index is 3.41. The van der Waals surface area contributed by atoms with E-state index in [1.807, 2.05) is 30.3 Å². The molecular weight excluding hydrogens is 280 g/mol. The summed E-state index contributed by atoms with van der Waals surface area (Å²) in [4.78, 5) is 23.7. The Labute approximate surface area is 130 Å². The van der Waals surface area contributed by atoms with Gasteiger partial charge in [0.2, 0.25) is 0 Å². The first-order valence-corrected chi connectivity index (χ1v) is 6.80. The monoisotopic (exact) mass is 300 g/mol. The highest BCUT2D eigenvalue weighted by molar-refractivity contribution is 5.91. The number of quaternary nitrogens is 1. The highest BCUT2D eigenvalue weighted by Gasteiger charge is 2.38. The Kier molecular flexibility index (Phi) is 5.95. The fourth-order valence-corrected chi connectivity index (χ4v) is 1.96. The molecule has 0 spiro atoms. The predicted molar refractivity (Wildman–Crippen MR) is 83.4 cm³/mol. The van der Waals surface area contributed by atoms with Gasteiger partial charge in [0, 0.05) is 17.0 Å². The number of nitrogens with zero attached hydrogens (tertiary/aromatic N) is 2. The topological polar surface area (TPSA) is 69.6 Å². The van der Waals surface area contributed by atoms with E-state index in [-0.39, 0.29) is 24.2 Å². The van der Waals surface area contributed by atoms with Crippen LogP contribution in [0.1, 0.15) is 19.4 Å². The molecule has 0 bridgehead atoms. The van der Waals surface area contributed by atoms with Gasteiger partial charge >= 0.3 is 5.91 Å². The fraction of sp³-hybridized carbons (Fsp3) is 0.235. The Morgan fingerprint density at radius 3 is 2.27 bits per heavy atom. The minimum atomic E-state index is -0.658. The highest BCUT2D eigenvalue weighted by Crippen LogP contribution is 2.20. The van der Waals surface area contributed by atoms with Crippen molar-refractivity contribution in [1.29, 1.82) is 0 Å². The number of hydrogen-bond acceptors (Lipinski definition) is 4. The first kappa shape index (κ1) is 17.5. The molecule has 1 amide bonds. The zero-order valence-electron chi connectivity index (χ0n) is 12.9. The molecule has 5 heteroatoms. The van der Waals surface area contributed by atoms with Crippen LogP contribution in [0.2, 0.25) is 0 Å². The molecule has 1 atom stereocenters. The highest BCUT2D eigenvalue weighted by atomic mass is 16.3. The largest absolute Gasteiger partial charge is 0.855 e. The standard InChI is InChI=1S/C17H20N2O3/c1-13(2)16(21)18-19(10-11-20,17(22)14(3)4)12-15-8-6-5-7-9-15/h5-9,11H,1,3,10,12H2,2,4H3. The van der Waals surface area contributed by atoms with Gasteiger partial charge in [0.25, 0.3) is 0 Å². The number of carbonyl (C=O) groups excluding carboxylic acids is 2. The van der Waals surface area contributed by atoms with E-state index in [2.05, 4.69) is 18.3 Å². The van der Waals surface area contributed by atoms with E-state index >= 15 is 0 Å². The van der Waals surface area contributed by atoms with Crippen LogP contribution in [0.15, 0.2) is 59.7 Å². The van der Waals surface area contributed by atoms with Crippen molar-refractivity contribution in [3.8, 4) is 0 Å². The van der Waals surface area contributed by atoms with Gasteiger partial charge in [0.1, 0.15) is 6.54 Å².